The topological polar surface area (TPSA) is 81.8 Å². The van der Waals surface area contributed by atoms with Gasteiger partial charge in [0.25, 0.3) is 5.91 Å². The number of amides is 3. The van der Waals surface area contributed by atoms with Gasteiger partial charge >= 0.3 is 0 Å². The Morgan fingerprint density at radius 2 is 1.82 bits per heavy atom. The Kier molecular flexibility index (Phi) is 4.44. The summed E-state index contributed by atoms with van der Waals surface area (Å²) in [5, 5.41) is 6.06. The lowest BCUT2D eigenvalue weighted by Crippen LogP contribution is -2.58. The summed E-state index contributed by atoms with van der Waals surface area (Å²) in [5.41, 5.74) is 2.82. The third-order valence-corrected chi connectivity index (χ3v) is 6.53. The van der Waals surface area contributed by atoms with Crippen molar-refractivity contribution in [1.82, 2.24) is 20.4 Å². The highest BCUT2D eigenvalue weighted by molar-refractivity contribution is 6.05. The molecule has 5 rings (SSSR count). The number of hydrogen-bond acceptors (Lipinski definition) is 5. The number of nitrogens with zero attached hydrogens (tertiary/aromatic N) is 2. The van der Waals surface area contributed by atoms with Crippen LogP contribution in [0.4, 0.5) is 0 Å². The minimum absolute atomic E-state index is 0.0940. The molecule has 0 radical (unpaired) electrons. The molecule has 3 saturated heterocycles. The average molecular weight is 382 g/mol. The molecule has 3 fully saturated rings. The third kappa shape index (κ3) is 3.22. The smallest absolute Gasteiger partial charge is 0.255 e. The van der Waals surface area contributed by atoms with Crippen molar-refractivity contribution in [3.05, 3.63) is 34.9 Å². The van der Waals surface area contributed by atoms with E-state index in [2.05, 4.69) is 21.6 Å². The van der Waals surface area contributed by atoms with Crippen LogP contribution in [-0.4, -0.2) is 58.7 Å². The first-order valence-electron chi connectivity index (χ1n) is 10.3. The van der Waals surface area contributed by atoms with E-state index in [-0.39, 0.29) is 24.1 Å². The van der Waals surface area contributed by atoms with Gasteiger partial charge in [0.2, 0.25) is 11.8 Å². The van der Waals surface area contributed by atoms with E-state index >= 15 is 0 Å². The van der Waals surface area contributed by atoms with Crippen LogP contribution in [0.3, 0.4) is 0 Å². The fourth-order valence-corrected chi connectivity index (χ4v) is 5.18. The standard InChI is InChI=1S/C21H26N4O3/c26-19-7-6-18(20(27)23-19)25-10-14-5-4-13(8-17(14)21(25)28)9-24-11-15-2-1-3-16(12-24)22-15/h4-5,8,15-16,18,22H,1-3,6-7,9-12H2,(H,23,26,27). The Labute approximate surface area is 164 Å². The maximum atomic E-state index is 13.0. The van der Waals surface area contributed by atoms with Crippen molar-refractivity contribution in [2.75, 3.05) is 13.1 Å². The molecule has 0 saturated carbocycles. The summed E-state index contributed by atoms with van der Waals surface area (Å²) in [6.45, 7) is 3.42. The first-order valence-corrected chi connectivity index (χ1v) is 10.3. The second kappa shape index (κ2) is 6.97. The number of imide groups is 1. The highest BCUT2D eigenvalue weighted by Crippen LogP contribution is 2.29. The van der Waals surface area contributed by atoms with E-state index < -0.39 is 6.04 Å². The molecule has 4 aliphatic rings. The molecule has 3 amide bonds. The number of fused-ring (bicyclic) bond motifs is 3. The lowest BCUT2D eigenvalue weighted by atomic mass is 9.94. The Balaban J connectivity index is 1.30. The first kappa shape index (κ1) is 17.8. The van der Waals surface area contributed by atoms with Gasteiger partial charge in [0.05, 0.1) is 0 Å². The SMILES string of the molecule is O=C1CCC(N2Cc3ccc(CN4CC5CCCC(C4)N5)cc3C2=O)C(=O)N1. The molecule has 7 heteroatoms. The lowest BCUT2D eigenvalue weighted by Gasteiger charge is -2.42. The predicted octanol–water partition coefficient (Wildman–Crippen LogP) is 0.774. The number of carbonyl (C=O) groups excluding carboxylic acids is 3. The van der Waals surface area contributed by atoms with Crippen LogP contribution < -0.4 is 10.6 Å². The number of hydrogen-bond donors (Lipinski definition) is 2. The number of carbonyl (C=O) groups is 3. The molecule has 0 spiro atoms. The fourth-order valence-electron chi connectivity index (χ4n) is 5.18. The van der Waals surface area contributed by atoms with Crippen molar-refractivity contribution in [2.24, 2.45) is 0 Å². The molecule has 0 aliphatic carbocycles. The summed E-state index contributed by atoms with van der Waals surface area (Å²) in [5.74, 6) is -0.706. The molecular formula is C21H26N4O3. The van der Waals surface area contributed by atoms with E-state index in [0.717, 1.165) is 30.8 Å². The van der Waals surface area contributed by atoms with Gasteiger partial charge in [0, 0.05) is 50.2 Å². The van der Waals surface area contributed by atoms with Crippen molar-refractivity contribution in [3.8, 4) is 0 Å². The summed E-state index contributed by atoms with van der Waals surface area (Å²) in [6, 6.07) is 6.77. The van der Waals surface area contributed by atoms with E-state index in [1.54, 1.807) is 4.90 Å². The van der Waals surface area contributed by atoms with Crippen molar-refractivity contribution < 1.29 is 14.4 Å². The van der Waals surface area contributed by atoms with Gasteiger partial charge in [0.1, 0.15) is 6.04 Å². The summed E-state index contributed by atoms with van der Waals surface area (Å²) in [7, 11) is 0. The molecule has 3 unspecified atom stereocenters. The van der Waals surface area contributed by atoms with Crippen LogP contribution in [0, 0.1) is 0 Å². The summed E-state index contributed by atoms with van der Waals surface area (Å²) < 4.78 is 0. The van der Waals surface area contributed by atoms with Gasteiger partial charge in [-0.05, 0) is 36.5 Å². The van der Waals surface area contributed by atoms with Crippen molar-refractivity contribution >= 4 is 17.7 Å². The maximum absolute atomic E-state index is 13.0. The van der Waals surface area contributed by atoms with Gasteiger partial charge in [0.15, 0.2) is 0 Å². The molecule has 3 atom stereocenters. The van der Waals surface area contributed by atoms with Crippen LogP contribution in [0.15, 0.2) is 18.2 Å². The van der Waals surface area contributed by atoms with Gasteiger partial charge in [-0.15, -0.1) is 0 Å². The molecule has 1 aromatic rings. The van der Waals surface area contributed by atoms with Crippen LogP contribution in [0.5, 0.6) is 0 Å². The molecule has 7 nitrogen and oxygen atoms in total. The fraction of sp³-hybridized carbons (Fsp3) is 0.571. The number of benzene rings is 1. The zero-order chi connectivity index (χ0) is 19.3. The van der Waals surface area contributed by atoms with Crippen molar-refractivity contribution in [3.63, 3.8) is 0 Å². The number of rotatable bonds is 3. The van der Waals surface area contributed by atoms with Gasteiger partial charge in [-0.25, -0.2) is 0 Å². The van der Waals surface area contributed by atoms with Gasteiger partial charge in [-0.1, -0.05) is 18.6 Å². The quantitative estimate of drug-likeness (QED) is 0.755. The summed E-state index contributed by atoms with van der Waals surface area (Å²) in [6.07, 6.45) is 4.50. The van der Waals surface area contributed by atoms with Crippen LogP contribution in [0.25, 0.3) is 0 Å². The van der Waals surface area contributed by atoms with Gasteiger partial charge < -0.3 is 10.2 Å². The van der Waals surface area contributed by atoms with Crippen LogP contribution in [0.1, 0.15) is 53.6 Å². The normalized spacial score (nSPS) is 30.4. The van der Waals surface area contributed by atoms with E-state index in [4.69, 9.17) is 0 Å². The number of piperidine rings is 2. The Morgan fingerprint density at radius 1 is 1.04 bits per heavy atom. The molecule has 2 bridgehead atoms. The van der Waals surface area contributed by atoms with E-state index in [1.807, 2.05) is 12.1 Å². The first-order chi connectivity index (χ1) is 13.6. The number of piperazine rings is 1. The molecule has 28 heavy (non-hydrogen) atoms. The molecule has 4 aliphatic heterocycles. The van der Waals surface area contributed by atoms with Crippen molar-refractivity contribution in [1.29, 1.82) is 0 Å². The van der Waals surface area contributed by atoms with Gasteiger partial charge in [-0.3, -0.25) is 24.6 Å². The maximum Gasteiger partial charge on any atom is 0.255 e. The molecule has 0 aromatic heterocycles. The van der Waals surface area contributed by atoms with Crippen molar-refractivity contribution in [2.45, 2.75) is 63.3 Å². The zero-order valence-electron chi connectivity index (χ0n) is 15.9. The van der Waals surface area contributed by atoms with E-state index in [9.17, 15) is 14.4 Å². The number of nitrogens with one attached hydrogen (secondary N) is 2. The minimum Gasteiger partial charge on any atom is -0.322 e. The number of likely N-dealkylation sites (tertiary alicyclic amines) is 1. The lowest BCUT2D eigenvalue weighted by molar-refractivity contribution is -0.136. The second-order valence-corrected chi connectivity index (χ2v) is 8.58. The van der Waals surface area contributed by atoms with Crippen LogP contribution >= 0.6 is 0 Å². The molecule has 148 valence electrons. The third-order valence-electron chi connectivity index (χ3n) is 6.53. The van der Waals surface area contributed by atoms with E-state index in [0.29, 0.717) is 30.6 Å². The van der Waals surface area contributed by atoms with Crippen LogP contribution in [0.2, 0.25) is 0 Å². The Bertz CT molecular complexity index is 827. The predicted molar refractivity (Wildman–Crippen MR) is 102 cm³/mol. The summed E-state index contributed by atoms with van der Waals surface area (Å²) in [4.78, 5) is 40.6. The summed E-state index contributed by atoms with van der Waals surface area (Å²) >= 11 is 0. The van der Waals surface area contributed by atoms with E-state index in [1.165, 1.54) is 19.3 Å². The molecule has 2 N–H and O–H groups in total. The second-order valence-electron chi connectivity index (χ2n) is 8.58. The Hall–Kier alpha value is -2.25. The minimum atomic E-state index is -0.548. The highest BCUT2D eigenvalue weighted by Gasteiger charge is 2.39. The molecule has 1 aromatic carbocycles. The van der Waals surface area contributed by atoms with Gasteiger partial charge in [-0.2, -0.15) is 0 Å². The zero-order valence-corrected chi connectivity index (χ0v) is 15.9. The highest BCUT2D eigenvalue weighted by atomic mass is 16.2. The molecule has 4 heterocycles. The van der Waals surface area contributed by atoms with Crippen LogP contribution in [-0.2, 0) is 22.7 Å². The average Bonchev–Trinajstić information content (AvgIpc) is 2.98. The largest absolute Gasteiger partial charge is 0.322 e. The Morgan fingerprint density at radius 3 is 2.57 bits per heavy atom. The molecular weight excluding hydrogens is 356 g/mol. The monoisotopic (exact) mass is 382 g/mol.